The van der Waals surface area contributed by atoms with Gasteiger partial charge in [-0.15, -0.1) is 5.10 Å². The third-order valence-electron chi connectivity index (χ3n) is 6.44. The molecule has 1 amide bonds. The van der Waals surface area contributed by atoms with Gasteiger partial charge in [-0.25, -0.2) is 5.01 Å². The highest BCUT2D eigenvalue weighted by Crippen LogP contribution is 2.34. The fourth-order valence-corrected chi connectivity index (χ4v) is 4.68. The molecule has 184 valence electrons. The van der Waals surface area contributed by atoms with Crippen LogP contribution in [-0.2, 0) is 4.79 Å². The van der Waals surface area contributed by atoms with E-state index in [2.05, 4.69) is 34.6 Å². The predicted octanol–water partition coefficient (Wildman–Crippen LogP) is 5.05. The lowest BCUT2D eigenvalue weighted by Crippen LogP contribution is -2.34. The van der Waals surface area contributed by atoms with Crippen LogP contribution in [0.2, 0.25) is 5.02 Å². The van der Waals surface area contributed by atoms with Crippen LogP contribution in [0.25, 0.3) is 21.8 Å². The minimum absolute atomic E-state index is 0.272. The SMILES string of the molecule is COc1ccc([C@H]2CC(c3ccc4ccccc4c3)=NN2C(=O)COn2nnc3ccc(Cl)cc32)cc1. The van der Waals surface area contributed by atoms with Gasteiger partial charge in [-0.1, -0.05) is 65.0 Å². The number of ether oxygens (including phenoxy) is 1. The largest absolute Gasteiger partial charge is 0.497 e. The molecule has 1 atom stereocenters. The van der Waals surface area contributed by atoms with E-state index in [-0.39, 0.29) is 18.6 Å². The van der Waals surface area contributed by atoms with Crippen LogP contribution in [0, 0.1) is 0 Å². The van der Waals surface area contributed by atoms with Gasteiger partial charge in [0.1, 0.15) is 16.8 Å². The molecule has 0 spiro atoms. The molecule has 0 bridgehead atoms. The zero-order valence-electron chi connectivity index (χ0n) is 19.9. The van der Waals surface area contributed by atoms with Crippen LogP contribution in [0.1, 0.15) is 23.6 Å². The fourth-order valence-electron chi connectivity index (χ4n) is 4.52. The van der Waals surface area contributed by atoms with Crippen LogP contribution in [0.5, 0.6) is 5.75 Å². The Kier molecular flexibility index (Phi) is 5.94. The number of hydrazone groups is 1. The van der Waals surface area contributed by atoms with Crippen molar-refractivity contribution in [3.05, 3.63) is 101 Å². The first-order valence-electron chi connectivity index (χ1n) is 11.8. The van der Waals surface area contributed by atoms with E-state index in [4.69, 9.17) is 26.3 Å². The molecular weight excluding hydrogens is 490 g/mol. The molecule has 2 heterocycles. The number of carbonyl (C=O) groups is 1. The van der Waals surface area contributed by atoms with Gasteiger partial charge in [-0.05, 0) is 63.5 Å². The zero-order valence-corrected chi connectivity index (χ0v) is 20.7. The highest BCUT2D eigenvalue weighted by Gasteiger charge is 2.33. The number of aromatic nitrogens is 3. The van der Waals surface area contributed by atoms with E-state index in [0.717, 1.165) is 33.4 Å². The van der Waals surface area contributed by atoms with Crippen molar-refractivity contribution in [2.24, 2.45) is 5.10 Å². The number of methoxy groups -OCH3 is 1. The quantitative estimate of drug-likeness (QED) is 0.318. The van der Waals surface area contributed by atoms with Crippen LogP contribution < -0.4 is 9.57 Å². The molecule has 6 rings (SSSR count). The van der Waals surface area contributed by atoms with Crippen molar-refractivity contribution in [1.82, 2.24) is 20.2 Å². The Labute approximate surface area is 217 Å². The smallest absolute Gasteiger partial charge is 0.283 e. The lowest BCUT2D eigenvalue weighted by atomic mass is 9.97. The van der Waals surface area contributed by atoms with Crippen molar-refractivity contribution in [3.8, 4) is 5.75 Å². The third kappa shape index (κ3) is 4.47. The van der Waals surface area contributed by atoms with Crippen molar-refractivity contribution in [2.75, 3.05) is 13.7 Å². The average Bonchev–Trinajstić information content (AvgIpc) is 3.56. The van der Waals surface area contributed by atoms with E-state index in [1.165, 1.54) is 9.85 Å². The first kappa shape index (κ1) is 23.0. The molecule has 8 nitrogen and oxygen atoms in total. The Balaban J connectivity index is 1.30. The van der Waals surface area contributed by atoms with Crippen molar-refractivity contribution in [2.45, 2.75) is 12.5 Å². The standard InChI is InChI=1S/C28H22ClN5O3/c1-36-23-11-8-19(9-12-23)26-16-25(21-7-6-18-4-2-3-5-20(18)14-21)31-33(26)28(35)17-37-34-27-15-22(29)10-13-24(27)30-32-34/h2-15,26H,16-17H2,1H3/t26-/m1/s1. The molecule has 1 aliphatic rings. The summed E-state index contributed by atoms with van der Waals surface area (Å²) in [6, 6.07) is 26.9. The normalized spacial score (nSPS) is 15.2. The Morgan fingerprint density at radius 1 is 1.00 bits per heavy atom. The van der Waals surface area contributed by atoms with Crippen LogP contribution in [0.15, 0.2) is 90.0 Å². The summed E-state index contributed by atoms with van der Waals surface area (Å²) in [5, 5.41) is 17.1. The molecule has 0 aliphatic carbocycles. The summed E-state index contributed by atoms with van der Waals surface area (Å²) in [6.07, 6.45) is 0.568. The highest BCUT2D eigenvalue weighted by atomic mass is 35.5. The maximum atomic E-state index is 13.4. The van der Waals surface area contributed by atoms with Gasteiger partial charge >= 0.3 is 0 Å². The zero-order chi connectivity index (χ0) is 25.4. The number of carbonyl (C=O) groups excluding carboxylic acids is 1. The molecule has 9 heteroatoms. The molecule has 0 saturated carbocycles. The number of benzene rings is 4. The van der Waals surface area contributed by atoms with Gasteiger partial charge in [0.15, 0.2) is 6.61 Å². The van der Waals surface area contributed by atoms with E-state index in [1.807, 2.05) is 42.5 Å². The van der Waals surface area contributed by atoms with Gasteiger partial charge in [0.25, 0.3) is 5.91 Å². The van der Waals surface area contributed by atoms with Gasteiger partial charge in [0.2, 0.25) is 0 Å². The predicted molar refractivity (Wildman–Crippen MR) is 142 cm³/mol. The molecule has 4 aromatic carbocycles. The Morgan fingerprint density at radius 2 is 1.81 bits per heavy atom. The Bertz CT molecular complexity index is 1650. The van der Waals surface area contributed by atoms with Crippen LogP contribution in [-0.4, -0.2) is 45.5 Å². The number of hydrogen-bond donors (Lipinski definition) is 0. The van der Waals surface area contributed by atoms with Gasteiger partial charge in [-0.3, -0.25) is 4.79 Å². The highest BCUT2D eigenvalue weighted by molar-refractivity contribution is 6.31. The molecule has 0 unspecified atom stereocenters. The van der Waals surface area contributed by atoms with Gasteiger partial charge in [-0.2, -0.15) is 5.10 Å². The number of rotatable bonds is 6. The molecule has 5 aromatic rings. The topological polar surface area (TPSA) is 81.8 Å². The summed E-state index contributed by atoms with van der Waals surface area (Å²) in [5.41, 5.74) is 3.95. The lowest BCUT2D eigenvalue weighted by Gasteiger charge is -2.22. The van der Waals surface area contributed by atoms with E-state index in [0.29, 0.717) is 22.5 Å². The second-order valence-corrected chi connectivity index (χ2v) is 9.15. The van der Waals surface area contributed by atoms with Gasteiger partial charge in [0.05, 0.1) is 18.9 Å². The molecular formula is C28H22ClN5O3. The van der Waals surface area contributed by atoms with Crippen molar-refractivity contribution in [1.29, 1.82) is 0 Å². The number of nitrogens with zero attached hydrogens (tertiary/aromatic N) is 5. The number of hydrogen-bond acceptors (Lipinski definition) is 6. The molecule has 1 aromatic heterocycles. The first-order valence-corrected chi connectivity index (χ1v) is 12.1. The van der Waals surface area contributed by atoms with Crippen molar-refractivity contribution >= 4 is 45.0 Å². The summed E-state index contributed by atoms with van der Waals surface area (Å²) in [4.78, 5) is 20.3. The number of halogens is 1. The molecule has 0 saturated heterocycles. The summed E-state index contributed by atoms with van der Waals surface area (Å²) in [5.74, 6) is 0.442. The Hall–Kier alpha value is -4.43. The lowest BCUT2D eigenvalue weighted by molar-refractivity contribution is -0.138. The van der Waals surface area contributed by atoms with Gasteiger partial charge in [0, 0.05) is 11.4 Å². The van der Waals surface area contributed by atoms with E-state index >= 15 is 0 Å². The summed E-state index contributed by atoms with van der Waals surface area (Å²) >= 11 is 6.11. The molecule has 0 radical (unpaired) electrons. The molecule has 0 fully saturated rings. The third-order valence-corrected chi connectivity index (χ3v) is 6.67. The second kappa shape index (κ2) is 9.55. The van der Waals surface area contributed by atoms with Crippen LogP contribution >= 0.6 is 11.6 Å². The van der Waals surface area contributed by atoms with Gasteiger partial charge < -0.3 is 9.57 Å². The molecule has 1 aliphatic heterocycles. The first-order chi connectivity index (χ1) is 18.1. The minimum Gasteiger partial charge on any atom is -0.497 e. The van der Waals surface area contributed by atoms with E-state index in [1.54, 1.807) is 25.3 Å². The second-order valence-electron chi connectivity index (χ2n) is 8.71. The van der Waals surface area contributed by atoms with Crippen molar-refractivity contribution in [3.63, 3.8) is 0 Å². The monoisotopic (exact) mass is 511 g/mol. The van der Waals surface area contributed by atoms with E-state index < -0.39 is 0 Å². The summed E-state index contributed by atoms with van der Waals surface area (Å²) in [7, 11) is 1.62. The molecule has 37 heavy (non-hydrogen) atoms. The maximum Gasteiger partial charge on any atom is 0.283 e. The Morgan fingerprint density at radius 3 is 2.62 bits per heavy atom. The van der Waals surface area contributed by atoms with Crippen molar-refractivity contribution < 1.29 is 14.4 Å². The van der Waals surface area contributed by atoms with E-state index in [9.17, 15) is 4.79 Å². The summed E-state index contributed by atoms with van der Waals surface area (Å²) < 4.78 is 5.31. The summed E-state index contributed by atoms with van der Waals surface area (Å²) in [6.45, 7) is -0.272. The number of amides is 1. The number of fused-ring (bicyclic) bond motifs is 2. The maximum absolute atomic E-state index is 13.4. The van der Waals surface area contributed by atoms with Crippen LogP contribution in [0.4, 0.5) is 0 Å². The van der Waals surface area contributed by atoms with Crippen LogP contribution in [0.3, 0.4) is 0 Å². The average molecular weight is 512 g/mol. The fraction of sp³-hybridized carbons (Fsp3) is 0.143. The minimum atomic E-state index is -0.303. The molecule has 0 N–H and O–H groups in total.